The van der Waals surface area contributed by atoms with Crippen molar-refractivity contribution in [2.45, 2.75) is 19.9 Å². The molecule has 3 N–H and O–H groups in total. The number of benzene rings is 1. The van der Waals surface area contributed by atoms with Crippen LogP contribution in [0.25, 0.3) is 0 Å². The van der Waals surface area contributed by atoms with Crippen LogP contribution in [0, 0.1) is 5.92 Å². The number of anilines is 1. The van der Waals surface area contributed by atoms with E-state index in [-0.39, 0.29) is 17.4 Å². The minimum Gasteiger partial charge on any atom is -0.465 e. The number of halogens is 1. The smallest absolute Gasteiger partial charge is 0.339 e. The number of carbonyl (C=O) groups is 2. The predicted octanol–water partition coefficient (Wildman–Crippen LogP) is 2.05. The van der Waals surface area contributed by atoms with Crippen molar-refractivity contribution in [1.29, 1.82) is 0 Å². The molecule has 19 heavy (non-hydrogen) atoms. The summed E-state index contributed by atoms with van der Waals surface area (Å²) in [6.45, 7) is 3.67. The van der Waals surface area contributed by atoms with Crippen LogP contribution in [0.2, 0.25) is 5.02 Å². The van der Waals surface area contributed by atoms with Crippen molar-refractivity contribution in [2.24, 2.45) is 11.7 Å². The van der Waals surface area contributed by atoms with Gasteiger partial charge in [0, 0.05) is 5.02 Å². The Labute approximate surface area is 117 Å². The molecule has 104 valence electrons. The highest BCUT2D eigenvalue weighted by Crippen LogP contribution is 2.22. The number of ether oxygens (including phenoxy) is 1. The Bertz CT molecular complexity index is 489. The molecule has 0 saturated carbocycles. The summed E-state index contributed by atoms with van der Waals surface area (Å²) in [6, 6.07) is 3.86. The van der Waals surface area contributed by atoms with Gasteiger partial charge in [0.15, 0.2) is 0 Å². The van der Waals surface area contributed by atoms with Crippen molar-refractivity contribution in [2.75, 3.05) is 12.4 Å². The summed E-state index contributed by atoms with van der Waals surface area (Å²) in [5.41, 5.74) is 6.27. The van der Waals surface area contributed by atoms with Crippen LogP contribution >= 0.6 is 11.6 Å². The lowest BCUT2D eigenvalue weighted by molar-refractivity contribution is -0.118. The van der Waals surface area contributed by atoms with Gasteiger partial charge in [-0.2, -0.15) is 0 Å². The molecule has 0 heterocycles. The van der Waals surface area contributed by atoms with Crippen molar-refractivity contribution in [3.63, 3.8) is 0 Å². The topological polar surface area (TPSA) is 81.4 Å². The maximum absolute atomic E-state index is 11.9. The van der Waals surface area contributed by atoms with E-state index in [0.717, 1.165) is 0 Å². The third kappa shape index (κ3) is 3.94. The van der Waals surface area contributed by atoms with Gasteiger partial charge in [-0.15, -0.1) is 0 Å². The number of carbonyl (C=O) groups excluding carboxylic acids is 2. The van der Waals surface area contributed by atoms with Crippen LogP contribution in [0.3, 0.4) is 0 Å². The summed E-state index contributed by atoms with van der Waals surface area (Å²) in [5.74, 6) is -0.937. The number of nitrogens with two attached hydrogens (primary N) is 1. The fraction of sp³-hybridized carbons (Fsp3) is 0.385. The van der Waals surface area contributed by atoms with Crippen LogP contribution in [-0.2, 0) is 9.53 Å². The number of hydrogen-bond acceptors (Lipinski definition) is 4. The Morgan fingerprint density at radius 3 is 2.53 bits per heavy atom. The van der Waals surface area contributed by atoms with Gasteiger partial charge in [-0.3, -0.25) is 4.79 Å². The molecule has 1 amide bonds. The van der Waals surface area contributed by atoms with Crippen molar-refractivity contribution in [3.8, 4) is 0 Å². The third-order valence-corrected chi connectivity index (χ3v) is 2.90. The summed E-state index contributed by atoms with van der Waals surface area (Å²) in [4.78, 5) is 23.5. The molecule has 0 radical (unpaired) electrons. The van der Waals surface area contributed by atoms with Gasteiger partial charge in [0.1, 0.15) is 0 Å². The van der Waals surface area contributed by atoms with Gasteiger partial charge in [0.25, 0.3) is 0 Å². The zero-order valence-corrected chi connectivity index (χ0v) is 11.8. The van der Waals surface area contributed by atoms with Gasteiger partial charge in [-0.05, 0) is 24.1 Å². The van der Waals surface area contributed by atoms with Crippen LogP contribution in [0.4, 0.5) is 5.69 Å². The molecule has 0 fully saturated rings. The molecule has 6 heteroatoms. The van der Waals surface area contributed by atoms with E-state index in [1.165, 1.54) is 19.2 Å². The standard InChI is InChI=1S/C13H17ClN2O3/c1-7(2)11(15)12(17)16-10-6-8(14)4-5-9(10)13(18)19-3/h4-7,11H,15H2,1-3H3,(H,16,17). The molecule has 0 aromatic heterocycles. The fourth-order valence-electron chi connectivity index (χ4n) is 1.43. The van der Waals surface area contributed by atoms with Gasteiger partial charge >= 0.3 is 5.97 Å². The predicted molar refractivity (Wildman–Crippen MR) is 74.2 cm³/mol. The Hall–Kier alpha value is -1.59. The summed E-state index contributed by atoms with van der Waals surface area (Å²) in [6.07, 6.45) is 0. The van der Waals surface area contributed by atoms with Crippen molar-refractivity contribution < 1.29 is 14.3 Å². The number of methoxy groups -OCH3 is 1. The SMILES string of the molecule is COC(=O)c1ccc(Cl)cc1NC(=O)C(N)C(C)C. The number of rotatable bonds is 4. The van der Waals surface area contributed by atoms with Crippen LogP contribution in [0.5, 0.6) is 0 Å². The third-order valence-electron chi connectivity index (χ3n) is 2.67. The first-order chi connectivity index (χ1) is 8.86. The number of nitrogens with one attached hydrogen (secondary N) is 1. The molecule has 5 nitrogen and oxygen atoms in total. The highest BCUT2D eigenvalue weighted by Gasteiger charge is 2.20. The van der Waals surface area contributed by atoms with E-state index in [9.17, 15) is 9.59 Å². The quantitative estimate of drug-likeness (QED) is 0.829. The van der Waals surface area contributed by atoms with Gasteiger partial charge in [-0.1, -0.05) is 25.4 Å². The van der Waals surface area contributed by atoms with E-state index >= 15 is 0 Å². The molecular weight excluding hydrogens is 268 g/mol. The van der Waals surface area contributed by atoms with Crippen LogP contribution < -0.4 is 11.1 Å². The zero-order chi connectivity index (χ0) is 14.6. The van der Waals surface area contributed by atoms with Gasteiger partial charge in [0.2, 0.25) is 5.91 Å². The van der Waals surface area contributed by atoms with Crippen molar-refractivity contribution in [3.05, 3.63) is 28.8 Å². The van der Waals surface area contributed by atoms with Crippen LogP contribution in [0.15, 0.2) is 18.2 Å². The van der Waals surface area contributed by atoms with E-state index in [4.69, 9.17) is 17.3 Å². The van der Waals surface area contributed by atoms with E-state index in [0.29, 0.717) is 10.7 Å². The van der Waals surface area contributed by atoms with Gasteiger partial charge in [0.05, 0.1) is 24.4 Å². The number of esters is 1. The zero-order valence-electron chi connectivity index (χ0n) is 11.1. The first-order valence-electron chi connectivity index (χ1n) is 5.81. The maximum atomic E-state index is 11.9. The Morgan fingerprint density at radius 2 is 2.00 bits per heavy atom. The van der Waals surface area contributed by atoms with Crippen molar-refractivity contribution >= 4 is 29.2 Å². The molecule has 1 rings (SSSR count). The average molecular weight is 285 g/mol. The summed E-state index contributed by atoms with van der Waals surface area (Å²) in [5, 5.41) is 3.00. The van der Waals surface area contributed by atoms with E-state index < -0.39 is 12.0 Å². The number of hydrogen-bond donors (Lipinski definition) is 2. The minimum atomic E-state index is -0.663. The maximum Gasteiger partial charge on any atom is 0.339 e. The second-order valence-corrected chi connectivity index (χ2v) is 4.88. The lowest BCUT2D eigenvalue weighted by Gasteiger charge is -2.16. The minimum absolute atomic E-state index is 0.0132. The summed E-state index contributed by atoms with van der Waals surface area (Å²) < 4.78 is 4.64. The molecule has 0 saturated heterocycles. The molecule has 1 atom stereocenters. The molecule has 1 unspecified atom stereocenters. The molecule has 0 aliphatic heterocycles. The van der Waals surface area contributed by atoms with Gasteiger partial charge in [-0.25, -0.2) is 4.79 Å². The van der Waals surface area contributed by atoms with E-state index in [1.54, 1.807) is 6.07 Å². The van der Waals surface area contributed by atoms with E-state index in [2.05, 4.69) is 10.1 Å². The largest absolute Gasteiger partial charge is 0.465 e. The van der Waals surface area contributed by atoms with E-state index in [1.807, 2.05) is 13.8 Å². The molecule has 0 spiro atoms. The average Bonchev–Trinajstić information content (AvgIpc) is 2.36. The van der Waals surface area contributed by atoms with Crippen molar-refractivity contribution in [1.82, 2.24) is 0 Å². The highest BCUT2D eigenvalue weighted by atomic mass is 35.5. The Morgan fingerprint density at radius 1 is 1.37 bits per heavy atom. The highest BCUT2D eigenvalue weighted by molar-refractivity contribution is 6.31. The molecule has 1 aromatic carbocycles. The first-order valence-corrected chi connectivity index (χ1v) is 6.19. The second kappa shape index (κ2) is 6.54. The Kier molecular flexibility index (Phi) is 5.32. The van der Waals surface area contributed by atoms with Gasteiger partial charge < -0.3 is 15.8 Å². The fourth-order valence-corrected chi connectivity index (χ4v) is 1.60. The first kappa shape index (κ1) is 15.5. The lowest BCUT2D eigenvalue weighted by atomic mass is 10.0. The lowest BCUT2D eigenvalue weighted by Crippen LogP contribution is -2.40. The molecule has 0 aliphatic carbocycles. The molecule has 0 bridgehead atoms. The normalized spacial score (nSPS) is 12.1. The summed E-state index contributed by atoms with van der Waals surface area (Å²) >= 11 is 5.86. The van der Waals surface area contributed by atoms with Crippen LogP contribution in [0.1, 0.15) is 24.2 Å². The monoisotopic (exact) mass is 284 g/mol. The molecular formula is C13H17ClN2O3. The molecule has 0 aliphatic rings. The second-order valence-electron chi connectivity index (χ2n) is 4.44. The Balaban J connectivity index is 3.02. The summed E-state index contributed by atoms with van der Waals surface area (Å²) in [7, 11) is 1.27. The molecule has 1 aromatic rings. The van der Waals surface area contributed by atoms with Crippen LogP contribution in [-0.4, -0.2) is 25.0 Å². The number of amides is 1.